The first kappa shape index (κ1) is 13.5. The predicted octanol–water partition coefficient (Wildman–Crippen LogP) is 2.95. The molecule has 0 fully saturated rings. The number of nitriles is 1. The third kappa shape index (κ3) is 3.78. The molecule has 96 valence electrons. The Morgan fingerprint density at radius 1 is 1.32 bits per heavy atom. The van der Waals surface area contributed by atoms with Gasteiger partial charge in [-0.25, -0.2) is 9.97 Å². The topological polar surface area (TPSA) is 58.8 Å². The summed E-state index contributed by atoms with van der Waals surface area (Å²) < 4.78 is 5.05. The van der Waals surface area contributed by atoms with Gasteiger partial charge in [0, 0.05) is 17.7 Å². The highest BCUT2D eigenvalue weighted by Gasteiger charge is 2.05. The monoisotopic (exact) mass is 271 g/mol. The fourth-order valence-electron chi connectivity index (χ4n) is 1.59. The van der Waals surface area contributed by atoms with E-state index in [-0.39, 0.29) is 0 Å². The summed E-state index contributed by atoms with van der Waals surface area (Å²) in [5.74, 6) is 0.668. The first-order valence-corrected chi connectivity index (χ1v) is 6.54. The molecule has 0 saturated carbocycles. The summed E-state index contributed by atoms with van der Waals surface area (Å²) in [6, 6.07) is 11.5. The largest absolute Gasteiger partial charge is 0.377 e. The SMILES string of the molecule is COCc1nc(C)cc(Sc2cccc(C#N)c2)n1. The van der Waals surface area contributed by atoms with E-state index in [0.717, 1.165) is 15.6 Å². The molecule has 0 saturated heterocycles. The second kappa shape index (κ2) is 6.32. The van der Waals surface area contributed by atoms with E-state index in [4.69, 9.17) is 10.00 Å². The maximum atomic E-state index is 8.88. The van der Waals surface area contributed by atoms with Crippen LogP contribution in [0, 0.1) is 18.3 Å². The Bertz CT molecular complexity index is 622. The van der Waals surface area contributed by atoms with E-state index in [1.54, 1.807) is 13.2 Å². The molecule has 4 nitrogen and oxygen atoms in total. The average Bonchev–Trinajstić information content (AvgIpc) is 2.38. The molecular formula is C14H13N3OS. The van der Waals surface area contributed by atoms with E-state index in [0.29, 0.717) is 18.0 Å². The van der Waals surface area contributed by atoms with Crippen LogP contribution in [0.2, 0.25) is 0 Å². The molecule has 0 aliphatic heterocycles. The van der Waals surface area contributed by atoms with Gasteiger partial charge in [0.05, 0.1) is 11.6 Å². The van der Waals surface area contributed by atoms with E-state index < -0.39 is 0 Å². The zero-order valence-electron chi connectivity index (χ0n) is 10.8. The molecule has 0 bridgehead atoms. The quantitative estimate of drug-likeness (QED) is 0.800. The molecule has 0 atom stereocenters. The van der Waals surface area contributed by atoms with Gasteiger partial charge in [0.25, 0.3) is 0 Å². The van der Waals surface area contributed by atoms with Gasteiger partial charge < -0.3 is 4.74 Å². The summed E-state index contributed by atoms with van der Waals surface area (Å²) in [6.45, 7) is 2.32. The second-order valence-electron chi connectivity index (χ2n) is 3.94. The third-order valence-electron chi connectivity index (χ3n) is 2.34. The van der Waals surface area contributed by atoms with Crippen molar-refractivity contribution in [3.63, 3.8) is 0 Å². The number of methoxy groups -OCH3 is 1. The van der Waals surface area contributed by atoms with Gasteiger partial charge in [0.2, 0.25) is 0 Å². The van der Waals surface area contributed by atoms with Gasteiger partial charge in [0.1, 0.15) is 11.6 Å². The molecule has 1 aromatic heterocycles. The number of hydrogen-bond acceptors (Lipinski definition) is 5. The molecule has 2 rings (SSSR count). The van der Waals surface area contributed by atoms with Gasteiger partial charge in [0.15, 0.2) is 5.82 Å². The highest BCUT2D eigenvalue weighted by atomic mass is 32.2. The van der Waals surface area contributed by atoms with E-state index in [1.807, 2.05) is 31.2 Å². The van der Waals surface area contributed by atoms with Gasteiger partial charge >= 0.3 is 0 Å². The van der Waals surface area contributed by atoms with Gasteiger partial charge in [-0.1, -0.05) is 17.8 Å². The standard InChI is InChI=1S/C14H13N3OS/c1-10-6-14(17-13(16-10)9-18-2)19-12-5-3-4-11(7-12)8-15/h3-7H,9H2,1-2H3. The lowest BCUT2D eigenvalue weighted by Crippen LogP contribution is -1.99. The lowest BCUT2D eigenvalue weighted by Gasteiger charge is -2.05. The lowest BCUT2D eigenvalue weighted by atomic mass is 10.2. The molecule has 0 unspecified atom stereocenters. The summed E-state index contributed by atoms with van der Waals surface area (Å²) >= 11 is 1.51. The number of nitrogens with zero attached hydrogens (tertiary/aromatic N) is 3. The Hall–Kier alpha value is -1.90. The second-order valence-corrected chi connectivity index (χ2v) is 5.03. The van der Waals surface area contributed by atoms with Crippen LogP contribution in [0.1, 0.15) is 17.1 Å². The molecule has 0 aliphatic carbocycles. The van der Waals surface area contributed by atoms with Crippen LogP contribution in [0.25, 0.3) is 0 Å². The fraction of sp³-hybridized carbons (Fsp3) is 0.214. The molecule has 1 aromatic carbocycles. The number of rotatable bonds is 4. The Balaban J connectivity index is 2.25. The van der Waals surface area contributed by atoms with Gasteiger partial charge in [-0.05, 0) is 31.2 Å². The van der Waals surface area contributed by atoms with Crippen LogP contribution in [0.15, 0.2) is 40.3 Å². The maximum absolute atomic E-state index is 8.88. The fourth-order valence-corrected chi connectivity index (χ4v) is 2.55. The van der Waals surface area contributed by atoms with Crippen molar-refractivity contribution in [3.8, 4) is 6.07 Å². The first-order valence-electron chi connectivity index (χ1n) is 5.73. The minimum atomic E-state index is 0.396. The van der Waals surface area contributed by atoms with Crippen LogP contribution in [0.4, 0.5) is 0 Å². The van der Waals surface area contributed by atoms with Crippen molar-refractivity contribution in [2.45, 2.75) is 23.5 Å². The zero-order valence-corrected chi connectivity index (χ0v) is 11.6. The van der Waals surface area contributed by atoms with Crippen molar-refractivity contribution < 1.29 is 4.74 Å². The molecule has 0 amide bonds. The molecular weight excluding hydrogens is 258 g/mol. The Morgan fingerprint density at radius 2 is 2.16 bits per heavy atom. The van der Waals surface area contributed by atoms with Crippen molar-refractivity contribution in [2.24, 2.45) is 0 Å². The molecule has 1 heterocycles. The van der Waals surface area contributed by atoms with Crippen LogP contribution in [-0.2, 0) is 11.3 Å². The van der Waals surface area contributed by atoms with Gasteiger partial charge in [-0.15, -0.1) is 0 Å². The number of hydrogen-bond donors (Lipinski definition) is 0. The van der Waals surface area contributed by atoms with Crippen molar-refractivity contribution >= 4 is 11.8 Å². The lowest BCUT2D eigenvalue weighted by molar-refractivity contribution is 0.177. The first-order chi connectivity index (χ1) is 9.21. The van der Waals surface area contributed by atoms with Crippen LogP contribution in [-0.4, -0.2) is 17.1 Å². The molecule has 2 aromatic rings. The Kier molecular flexibility index (Phi) is 4.50. The molecule has 0 N–H and O–H groups in total. The molecule has 0 aliphatic rings. The molecule has 0 radical (unpaired) electrons. The summed E-state index contributed by atoms with van der Waals surface area (Å²) in [7, 11) is 1.62. The molecule has 19 heavy (non-hydrogen) atoms. The van der Waals surface area contributed by atoms with E-state index in [2.05, 4.69) is 16.0 Å². The number of ether oxygens (including phenoxy) is 1. The zero-order chi connectivity index (χ0) is 13.7. The van der Waals surface area contributed by atoms with Crippen molar-refractivity contribution in [1.82, 2.24) is 9.97 Å². The van der Waals surface area contributed by atoms with E-state index >= 15 is 0 Å². The number of aryl methyl sites for hydroxylation is 1. The van der Waals surface area contributed by atoms with Gasteiger partial charge in [-0.2, -0.15) is 5.26 Å². The summed E-state index contributed by atoms with van der Waals surface area (Å²) in [5.41, 5.74) is 1.55. The summed E-state index contributed by atoms with van der Waals surface area (Å²) in [4.78, 5) is 9.70. The van der Waals surface area contributed by atoms with E-state index in [1.165, 1.54) is 11.8 Å². The van der Waals surface area contributed by atoms with Gasteiger partial charge in [-0.3, -0.25) is 0 Å². The molecule has 0 spiro atoms. The van der Waals surface area contributed by atoms with Crippen molar-refractivity contribution in [1.29, 1.82) is 5.26 Å². The normalized spacial score (nSPS) is 10.2. The smallest absolute Gasteiger partial charge is 0.155 e. The van der Waals surface area contributed by atoms with Crippen LogP contribution >= 0.6 is 11.8 Å². The molecule has 5 heteroatoms. The predicted molar refractivity (Wildman–Crippen MR) is 72.8 cm³/mol. The number of aromatic nitrogens is 2. The van der Waals surface area contributed by atoms with E-state index in [9.17, 15) is 0 Å². The van der Waals surface area contributed by atoms with Crippen LogP contribution in [0.3, 0.4) is 0 Å². The summed E-state index contributed by atoms with van der Waals surface area (Å²) in [6.07, 6.45) is 0. The highest BCUT2D eigenvalue weighted by molar-refractivity contribution is 7.99. The minimum absolute atomic E-state index is 0.396. The summed E-state index contributed by atoms with van der Waals surface area (Å²) in [5, 5.41) is 9.74. The highest BCUT2D eigenvalue weighted by Crippen LogP contribution is 2.27. The van der Waals surface area contributed by atoms with Crippen LogP contribution < -0.4 is 0 Å². The average molecular weight is 271 g/mol. The van der Waals surface area contributed by atoms with Crippen molar-refractivity contribution in [2.75, 3.05) is 7.11 Å². The third-order valence-corrected chi connectivity index (χ3v) is 3.24. The Morgan fingerprint density at radius 3 is 2.89 bits per heavy atom. The number of benzene rings is 1. The van der Waals surface area contributed by atoms with Crippen LogP contribution in [0.5, 0.6) is 0 Å². The Labute approximate surface area is 116 Å². The minimum Gasteiger partial charge on any atom is -0.377 e. The van der Waals surface area contributed by atoms with Crippen molar-refractivity contribution in [3.05, 3.63) is 47.4 Å². The maximum Gasteiger partial charge on any atom is 0.155 e.